The molecule has 0 spiro atoms. The van der Waals surface area contributed by atoms with E-state index in [0.717, 1.165) is 41.0 Å². The molecule has 0 bridgehead atoms. The molecule has 1 amide bonds. The Morgan fingerprint density at radius 3 is 2.74 bits per heavy atom. The molecule has 0 aliphatic rings. The number of nitrogens with zero attached hydrogens (tertiary/aromatic N) is 2. The van der Waals surface area contributed by atoms with Gasteiger partial charge in [-0.05, 0) is 25.0 Å². The molecule has 5 nitrogen and oxygen atoms in total. The average Bonchev–Trinajstić information content (AvgIpc) is 3.01. The van der Waals surface area contributed by atoms with Crippen molar-refractivity contribution in [2.75, 3.05) is 17.2 Å². The number of anilines is 2. The number of benzene rings is 1. The Morgan fingerprint density at radius 2 is 2.04 bits per heavy atom. The summed E-state index contributed by atoms with van der Waals surface area (Å²) in [6.07, 6.45) is 2.99. The minimum atomic E-state index is -0.174. The van der Waals surface area contributed by atoms with Crippen molar-refractivity contribution in [3.05, 3.63) is 30.3 Å². The number of unbranched alkanes of at least 4 members (excludes halogenated alkanes) is 1. The van der Waals surface area contributed by atoms with E-state index in [1.54, 1.807) is 0 Å². The van der Waals surface area contributed by atoms with E-state index in [4.69, 9.17) is 0 Å². The van der Waals surface area contributed by atoms with Gasteiger partial charge in [-0.3, -0.25) is 4.79 Å². The summed E-state index contributed by atoms with van der Waals surface area (Å²) in [6, 6.07) is 9.51. The van der Waals surface area contributed by atoms with Gasteiger partial charge in [0.2, 0.25) is 11.0 Å². The van der Waals surface area contributed by atoms with Gasteiger partial charge >= 0.3 is 0 Å². The molecule has 0 aliphatic heterocycles. The van der Waals surface area contributed by atoms with E-state index in [-0.39, 0.29) is 11.2 Å². The van der Waals surface area contributed by atoms with Crippen LogP contribution in [0.1, 0.15) is 33.1 Å². The number of thioether (sulfide) groups is 1. The number of para-hydroxylation sites is 1. The zero-order valence-corrected chi connectivity index (χ0v) is 15.0. The van der Waals surface area contributed by atoms with Crippen molar-refractivity contribution in [1.29, 1.82) is 0 Å². The van der Waals surface area contributed by atoms with Crippen LogP contribution in [0.5, 0.6) is 0 Å². The van der Waals surface area contributed by atoms with Gasteiger partial charge in [0, 0.05) is 12.2 Å². The van der Waals surface area contributed by atoms with Crippen LogP contribution in [0.4, 0.5) is 10.8 Å². The van der Waals surface area contributed by atoms with Crippen molar-refractivity contribution >= 4 is 39.8 Å². The SMILES string of the molecule is CCCCNc1nnc(SC(CC)C(=O)Nc2ccccc2)s1. The molecule has 0 radical (unpaired) electrons. The Balaban J connectivity index is 1.89. The monoisotopic (exact) mass is 350 g/mol. The number of carbonyl (C=O) groups excluding carboxylic acids is 1. The molecule has 0 fully saturated rings. The molecule has 1 atom stereocenters. The van der Waals surface area contributed by atoms with Crippen LogP contribution >= 0.6 is 23.1 Å². The van der Waals surface area contributed by atoms with Crippen molar-refractivity contribution in [3.8, 4) is 0 Å². The van der Waals surface area contributed by atoms with Gasteiger partial charge in [0.15, 0.2) is 4.34 Å². The van der Waals surface area contributed by atoms with Crippen molar-refractivity contribution in [2.45, 2.75) is 42.7 Å². The topological polar surface area (TPSA) is 66.9 Å². The zero-order valence-electron chi connectivity index (χ0n) is 13.4. The first-order valence-corrected chi connectivity index (χ1v) is 9.52. The molecule has 0 saturated carbocycles. The highest BCUT2D eigenvalue weighted by Crippen LogP contribution is 2.31. The standard InChI is InChI=1S/C16H22N4OS2/c1-3-5-11-17-15-19-20-16(23-15)22-13(4-2)14(21)18-12-9-7-6-8-10-12/h6-10,13H,3-5,11H2,1-2H3,(H,17,19)(H,18,21). The first-order valence-electron chi connectivity index (χ1n) is 7.82. The van der Waals surface area contributed by atoms with Crippen LogP contribution in [0.3, 0.4) is 0 Å². The van der Waals surface area contributed by atoms with Crippen LogP contribution in [0.25, 0.3) is 0 Å². The molecule has 2 aromatic rings. The van der Waals surface area contributed by atoms with E-state index >= 15 is 0 Å². The number of amides is 1. The zero-order chi connectivity index (χ0) is 16.5. The first-order chi connectivity index (χ1) is 11.2. The Kier molecular flexibility index (Phi) is 7.35. The number of hydrogen-bond donors (Lipinski definition) is 2. The summed E-state index contributed by atoms with van der Waals surface area (Å²) in [6.45, 7) is 5.06. The lowest BCUT2D eigenvalue weighted by Gasteiger charge is -2.12. The molecular formula is C16H22N4OS2. The van der Waals surface area contributed by atoms with Crippen LogP contribution in [-0.2, 0) is 4.79 Å². The van der Waals surface area contributed by atoms with E-state index in [2.05, 4.69) is 27.8 Å². The lowest BCUT2D eigenvalue weighted by molar-refractivity contribution is -0.115. The average molecular weight is 351 g/mol. The fourth-order valence-electron chi connectivity index (χ4n) is 1.89. The normalized spacial score (nSPS) is 11.9. The van der Waals surface area contributed by atoms with Crippen molar-refractivity contribution in [1.82, 2.24) is 10.2 Å². The third-order valence-electron chi connectivity index (χ3n) is 3.16. The van der Waals surface area contributed by atoms with E-state index in [1.165, 1.54) is 23.1 Å². The quantitative estimate of drug-likeness (QED) is 0.522. The highest BCUT2D eigenvalue weighted by Gasteiger charge is 2.20. The Labute approximate surface area is 145 Å². The van der Waals surface area contributed by atoms with Gasteiger partial charge in [0.25, 0.3) is 0 Å². The second kappa shape index (κ2) is 9.52. The Bertz CT molecular complexity index is 603. The van der Waals surface area contributed by atoms with Gasteiger partial charge in [0.05, 0.1) is 5.25 Å². The fourth-order valence-corrected chi connectivity index (χ4v) is 3.83. The number of carbonyl (C=O) groups is 1. The second-order valence-electron chi connectivity index (χ2n) is 5.02. The van der Waals surface area contributed by atoms with Gasteiger partial charge in [-0.15, -0.1) is 10.2 Å². The number of nitrogens with one attached hydrogen (secondary N) is 2. The molecule has 1 unspecified atom stereocenters. The lowest BCUT2D eigenvalue weighted by Crippen LogP contribution is -2.24. The van der Waals surface area contributed by atoms with E-state index in [0.29, 0.717) is 0 Å². The van der Waals surface area contributed by atoms with Gasteiger partial charge in [0.1, 0.15) is 0 Å². The lowest BCUT2D eigenvalue weighted by atomic mass is 10.3. The molecular weight excluding hydrogens is 328 g/mol. The minimum Gasteiger partial charge on any atom is -0.360 e. The summed E-state index contributed by atoms with van der Waals surface area (Å²) in [5.41, 5.74) is 0.815. The highest BCUT2D eigenvalue weighted by atomic mass is 32.2. The maximum atomic E-state index is 12.4. The smallest absolute Gasteiger partial charge is 0.237 e. The van der Waals surface area contributed by atoms with Gasteiger partial charge in [-0.2, -0.15) is 0 Å². The molecule has 1 aromatic heterocycles. The molecule has 0 aliphatic carbocycles. The number of hydrogen-bond acceptors (Lipinski definition) is 6. The van der Waals surface area contributed by atoms with Gasteiger partial charge in [-0.25, -0.2) is 0 Å². The summed E-state index contributed by atoms with van der Waals surface area (Å²) in [7, 11) is 0. The molecule has 1 aromatic carbocycles. The molecule has 0 saturated heterocycles. The summed E-state index contributed by atoms with van der Waals surface area (Å²) in [5, 5.41) is 15.1. The van der Waals surface area contributed by atoms with Crippen molar-refractivity contribution < 1.29 is 4.79 Å². The molecule has 7 heteroatoms. The third kappa shape index (κ3) is 5.84. The maximum absolute atomic E-state index is 12.4. The molecule has 1 heterocycles. The molecule has 23 heavy (non-hydrogen) atoms. The largest absolute Gasteiger partial charge is 0.360 e. The Morgan fingerprint density at radius 1 is 1.26 bits per heavy atom. The van der Waals surface area contributed by atoms with Crippen LogP contribution in [0, 0.1) is 0 Å². The van der Waals surface area contributed by atoms with Gasteiger partial charge < -0.3 is 10.6 Å². The minimum absolute atomic E-state index is 0.000563. The second-order valence-corrected chi connectivity index (χ2v) is 7.45. The van der Waals surface area contributed by atoms with Gasteiger partial charge in [-0.1, -0.05) is 61.6 Å². The fraction of sp³-hybridized carbons (Fsp3) is 0.438. The van der Waals surface area contributed by atoms with E-state index in [9.17, 15) is 4.79 Å². The Hall–Kier alpha value is -1.60. The first kappa shape index (κ1) is 17.7. The highest BCUT2D eigenvalue weighted by molar-refractivity contribution is 8.02. The van der Waals surface area contributed by atoms with Crippen LogP contribution < -0.4 is 10.6 Å². The van der Waals surface area contributed by atoms with Crippen molar-refractivity contribution in [2.24, 2.45) is 0 Å². The molecule has 2 rings (SSSR count). The molecule has 2 N–H and O–H groups in total. The van der Waals surface area contributed by atoms with Crippen LogP contribution in [-0.4, -0.2) is 27.9 Å². The van der Waals surface area contributed by atoms with Crippen LogP contribution in [0.2, 0.25) is 0 Å². The summed E-state index contributed by atoms with van der Waals surface area (Å²) in [4.78, 5) is 12.4. The summed E-state index contributed by atoms with van der Waals surface area (Å²) in [5.74, 6) is -0.000563. The van der Waals surface area contributed by atoms with Crippen LogP contribution in [0.15, 0.2) is 34.7 Å². The predicted molar refractivity (Wildman–Crippen MR) is 98.3 cm³/mol. The number of rotatable bonds is 9. The summed E-state index contributed by atoms with van der Waals surface area (Å²) < 4.78 is 0.819. The number of aromatic nitrogens is 2. The molecule has 124 valence electrons. The predicted octanol–water partition coefficient (Wildman–Crippen LogP) is 4.26. The third-order valence-corrected chi connectivity index (χ3v) is 5.49. The van der Waals surface area contributed by atoms with E-state index < -0.39 is 0 Å². The van der Waals surface area contributed by atoms with Crippen molar-refractivity contribution in [3.63, 3.8) is 0 Å². The maximum Gasteiger partial charge on any atom is 0.237 e. The summed E-state index contributed by atoms with van der Waals surface area (Å²) >= 11 is 2.97. The van der Waals surface area contributed by atoms with E-state index in [1.807, 2.05) is 37.3 Å².